The van der Waals surface area contributed by atoms with Gasteiger partial charge in [-0.1, -0.05) is 0 Å². The first-order valence-corrected chi connectivity index (χ1v) is 8.09. The van der Waals surface area contributed by atoms with Gasteiger partial charge >= 0.3 is 5.97 Å². The Hall–Kier alpha value is -1.19. The Morgan fingerprint density at radius 1 is 1.40 bits per heavy atom. The summed E-state index contributed by atoms with van der Waals surface area (Å²) in [7, 11) is -3.70. The number of carboxylic acids is 1. The highest BCUT2D eigenvalue weighted by Crippen LogP contribution is 2.19. The first-order valence-electron chi connectivity index (χ1n) is 6.65. The highest BCUT2D eigenvalue weighted by molar-refractivity contribution is 7.87. The zero-order valence-corrected chi connectivity index (χ0v) is 11.9. The zero-order chi connectivity index (χ0) is 14.8. The van der Waals surface area contributed by atoms with Gasteiger partial charge in [0.05, 0.1) is 5.92 Å². The van der Waals surface area contributed by atoms with Crippen LogP contribution in [0.4, 0.5) is 0 Å². The second kappa shape index (κ2) is 6.06. The van der Waals surface area contributed by atoms with Gasteiger partial charge in [0, 0.05) is 32.1 Å². The number of amides is 1. The molecule has 2 atom stereocenters. The lowest BCUT2D eigenvalue weighted by atomic mass is 10.0. The van der Waals surface area contributed by atoms with Crippen molar-refractivity contribution in [2.24, 2.45) is 5.92 Å². The summed E-state index contributed by atoms with van der Waals surface area (Å²) in [5, 5.41) is 11.6. The van der Waals surface area contributed by atoms with Gasteiger partial charge in [0.2, 0.25) is 5.91 Å². The van der Waals surface area contributed by atoms with Gasteiger partial charge in [-0.2, -0.15) is 17.4 Å². The molecule has 0 bridgehead atoms. The van der Waals surface area contributed by atoms with Crippen LogP contribution in [-0.4, -0.2) is 55.4 Å². The topological polar surface area (TPSA) is 116 Å². The van der Waals surface area contributed by atoms with E-state index in [1.165, 1.54) is 4.31 Å². The molecule has 0 radical (unpaired) electrons. The van der Waals surface area contributed by atoms with E-state index in [-0.39, 0.29) is 25.0 Å². The summed E-state index contributed by atoms with van der Waals surface area (Å²) in [5.41, 5.74) is 0. The molecule has 8 nitrogen and oxygen atoms in total. The van der Waals surface area contributed by atoms with Gasteiger partial charge in [-0.05, 0) is 19.3 Å². The van der Waals surface area contributed by atoms with Crippen molar-refractivity contribution in [3.63, 3.8) is 0 Å². The molecule has 20 heavy (non-hydrogen) atoms. The Morgan fingerprint density at radius 3 is 2.75 bits per heavy atom. The SMILES string of the molecule is O=C1CCC(NS(=O)(=O)N2CCCC(C(=O)O)C2)CN1. The Morgan fingerprint density at radius 2 is 2.15 bits per heavy atom. The van der Waals surface area contributed by atoms with E-state index < -0.39 is 22.1 Å². The summed E-state index contributed by atoms with van der Waals surface area (Å²) in [6.07, 6.45) is 1.80. The highest BCUT2D eigenvalue weighted by Gasteiger charge is 2.34. The summed E-state index contributed by atoms with van der Waals surface area (Å²) >= 11 is 0. The second-order valence-corrected chi connectivity index (χ2v) is 6.90. The summed E-state index contributed by atoms with van der Waals surface area (Å²) in [4.78, 5) is 22.0. The van der Waals surface area contributed by atoms with Gasteiger partial charge in [0.25, 0.3) is 10.2 Å². The van der Waals surface area contributed by atoms with Crippen molar-refractivity contribution < 1.29 is 23.1 Å². The number of hydrogen-bond acceptors (Lipinski definition) is 4. The van der Waals surface area contributed by atoms with E-state index in [4.69, 9.17) is 5.11 Å². The van der Waals surface area contributed by atoms with E-state index in [1.54, 1.807) is 0 Å². The largest absolute Gasteiger partial charge is 0.481 e. The van der Waals surface area contributed by atoms with Crippen molar-refractivity contribution in [2.75, 3.05) is 19.6 Å². The lowest BCUT2D eigenvalue weighted by molar-refractivity contribution is -0.142. The molecular formula is C11H19N3O5S. The minimum atomic E-state index is -3.70. The third-order valence-corrected chi connectivity index (χ3v) is 5.30. The number of carbonyl (C=O) groups is 2. The minimum Gasteiger partial charge on any atom is -0.481 e. The van der Waals surface area contributed by atoms with E-state index in [2.05, 4.69) is 10.0 Å². The standard InChI is InChI=1S/C11H19N3O5S/c15-10-4-3-9(6-12-10)13-20(18,19)14-5-1-2-8(7-14)11(16)17/h8-9,13H,1-7H2,(H,12,15)(H,16,17). The molecule has 0 saturated carbocycles. The number of carbonyl (C=O) groups excluding carboxylic acids is 1. The number of carboxylic acid groups (broad SMARTS) is 1. The number of nitrogens with one attached hydrogen (secondary N) is 2. The number of hydrogen-bond donors (Lipinski definition) is 3. The van der Waals surface area contributed by atoms with Crippen molar-refractivity contribution in [2.45, 2.75) is 31.7 Å². The summed E-state index contributed by atoms with van der Waals surface area (Å²) in [6, 6.07) is -0.331. The predicted octanol–water partition coefficient (Wildman–Crippen LogP) is -1.10. The van der Waals surface area contributed by atoms with Crippen molar-refractivity contribution in [3.05, 3.63) is 0 Å². The zero-order valence-electron chi connectivity index (χ0n) is 11.0. The Kier molecular flexibility index (Phi) is 4.61. The third-order valence-electron chi connectivity index (χ3n) is 3.65. The fourth-order valence-electron chi connectivity index (χ4n) is 2.48. The van der Waals surface area contributed by atoms with E-state index in [9.17, 15) is 18.0 Å². The molecule has 2 heterocycles. The number of piperidine rings is 2. The molecule has 3 N–H and O–H groups in total. The van der Waals surface area contributed by atoms with Crippen LogP contribution in [0.15, 0.2) is 0 Å². The van der Waals surface area contributed by atoms with Crippen LogP contribution in [0.1, 0.15) is 25.7 Å². The Balaban J connectivity index is 1.95. The van der Waals surface area contributed by atoms with Gasteiger partial charge in [0.1, 0.15) is 0 Å². The fraction of sp³-hybridized carbons (Fsp3) is 0.818. The maximum Gasteiger partial charge on any atom is 0.307 e. The molecule has 2 unspecified atom stereocenters. The lowest BCUT2D eigenvalue weighted by Crippen LogP contribution is -2.54. The lowest BCUT2D eigenvalue weighted by Gasteiger charge is -2.32. The quantitative estimate of drug-likeness (QED) is 0.609. The third kappa shape index (κ3) is 3.68. The van der Waals surface area contributed by atoms with Gasteiger partial charge in [-0.3, -0.25) is 9.59 Å². The van der Waals surface area contributed by atoms with Gasteiger partial charge in [-0.15, -0.1) is 0 Å². The van der Waals surface area contributed by atoms with Crippen LogP contribution in [0.25, 0.3) is 0 Å². The van der Waals surface area contributed by atoms with Crippen molar-refractivity contribution in [1.29, 1.82) is 0 Å². The molecule has 0 aromatic heterocycles. The molecule has 0 aliphatic carbocycles. The van der Waals surface area contributed by atoms with E-state index in [1.807, 2.05) is 0 Å². The summed E-state index contributed by atoms with van der Waals surface area (Å²) in [5.74, 6) is -1.69. The maximum absolute atomic E-state index is 12.2. The van der Waals surface area contributed by atoms with Gasteiger partial charge in [-0.25, -0.2) is 0 Å². The van der Waals surface area contributed by atoms with Crippen LogP contribution >= 0.6 is 0 Å². The average molecular weight is 305 g/mol. The second-order valence-electron chi connectivity index (χ2n) is 5.20. The molecule has 0 aromatic rings. The first kappa shape index (κ1) is 15.2. The van der Waals surface area contributed by atoms with Crippen LogP contribution in [0.3, 0.4) is 0 Å². The molecule has 0 aromatic carbocycles. The molecule has 2 fully saturated rings. The molecule has 114 valence electrons. The number of aliphatic carboxylic acids is 1. The van der Waals surface area contributed by atoms with Crippen molar-refractivity contribution in [1.82, 2.24) is 14.3 Å². The smallest absolute Gasteiger partial charge is 0.307 e. The monoisotopic (exact) mass is 305 g/mol. The molecule has 9 heteroatoms. The van der Waals surface area contributed by atoms with Crippen LogP contribution in [0.2, 0.25) is 0 Å². The number of nitrogens with zero attached hydrogens (tertiary/aromatic N) is 1. The van der Waals surface area contributed by atoms with Gasteiger partial charge < -0.3 is 10.4 Å². The van der Waals surface area contributed by atoms with Crippen LogP contribution < -0.4 is 10.0 Å². The molecule has 2 aliphatic rings. The molecule has 1 amide bonds. The van der Waals surface area contributed by atoms with Crippen molar-refractivity contribution >= 4 is 22.1 Å². The maximum atomic E-state index is 12.2. The van der Waals surface area contributed by atoms with E-state index >= 15 is 0 Å². The van der Waals surface area contributed by atoms with Crippen LogP contribution in [-0.2, 0) is 19.8 Å². The average Bonchev–Trinajstić information content (AvgIpc) is 2.41. The summed E-state index contributed by atoms with van der Waals surface area (Å²) < 4.78 is 28.1. The highest BCUT2D eigenvalue weighted by atomic mass is 32.2. The Labute approximate surface area is 117 Å². The fourth-order valence-corrected chi connectivity index (χ4v) is 4.00. The number of rotatable bonds is 4. The summed E-state index contributed by atoms with van der Waals surface area (Å²) in [6.45, 7) is 0.607. The Bertz CT molecular complexity index is 482. The predicted molar refractivity (Wildman–Crippen MR) is 70.0 cm³/mol. The first-order chi connectivity index (χ1) is 9.38. The van der Waals surface area contributed by atoms with Crippen LogP contribution in [0, 0.1) is 5.92 Å². The molecule has 2 saturated heterocycles. The van der Waals surface area contributed by atoms with Crippen molar-refractivity contribution in [3.8, 4) is 0 Å². The van der Waals surface area contributed by atoms with Crippen LogP contribution in [0.5, 0.6) is 0 Å². The molecule has 0 spiro atoms. The van der Waals surface area contributed by atoms with E-state index in [0.29, 0.717) is 32.2 Å². The molecule has 2 rings (SSSR count). The molecule has 2 aliphatic heterocycles. The van der Waals surface area contributed by atoms with E-state index in [0.717, 1.165) is 0 Å². The normalized spacial score (nSPS) is 28.9. The molecular weight excluding hydrogens is 286 g/mol. The van der Waals surface area contributed by atoms with Gasteiger partial charge in [0.15, 0.2) is 0 Å². The minimum absolute atomic E-state index is 0.00372.